The Balaban J connectivity index is 0. The lowest BCUT2D eigenvalue weighted by molar-refractivity contribution is -0.137. The summed E-state index contributed by atoms with van der Waals surface area (Å²) in [4.78, 5) is 12.7. The molecule has 0 radical (unpaired) electrons. The first-order valence-electron chi connectivity index (χ1n) is 12.1. The van der Waals surface area contributed by atoms with Crippen LogP contribution in [0.15, 0.2) is 0 Å². The van der Waals surface area contributed by atoms with E-state index >= 15 is 0 Å². The van der Waals surface area contributed by atoms with E-state index in [9.17, 15) is 4.79 Å². The van der Waals surface area contributed by atoms with Crippen molar-refractivity contribution < 1.29 is 9.90 Å². The summed E-state index contributed by atoms with van der Waals surface area (Å²) >= 11 is 0. The van der Waals surface area contributed by atoms with E-state index in [2.05, 4.69) is 32.6 Å². The zero-order valence-corrected chi connectivity index (χ0v) is 19.2. The molecule has 3 heteroatoms. The minimum atomic E-state index is -0.653. The molecule has 0 bridgehead atoms. The number of carboxylic acids is 1. The van der Waals surface area contributed by atoms with Gasteiger partial charge in [0.2, 0.25) is 0 Å². The van der Waals surface area contributed by atoms with Crippen LogP contribution in [0, 0.1) is 0 Å². The van der Waals surface area contributed by atoms with Crippen LogP contribution >= 0.6 is 0 Å². The maximum absolute atomic E-state index is 10.3. The standard InChI is InChI=1S/C18H36O2.C6H15N/c1-2-3-4-5-6-7-8-9-10-11-12-13-14-15-16-17-18(19)20;1-4-7(5-2)6-3/h2-17H2,1H3,(H,19,20);4-6H2,1-3H3. The van der Waals surface area contributed by atoms with Gasteiger partial charge in [-0.2, -0.15) is 0 Å². The predicted octanol–water partition coefficient (Wildman–Crippen LogP) is 7.68. The van der Waals surface area contributed by atoms with E-state index in [4.69, 9.17) is 5.11 Å². The molecule has 0 rings (SSSR count). The van der Waals surface area contributed by atoms with Crippen molar-refractivity contribution in [3.05, 3.63) is 0 Å². The third kappa shape index (κ3) is 27.7. The van der Waals surface area contributed by atoms with Crippen LogP contribution in [0.3, 0.4) is 0 Å². The lowest BCUT2D eigenvalue weighted by Gasteiger charge is -2.13. The minimum Gasteiger partial charge on any atom is -0.481 e. The van der Waals surface area contributed by atoms with Gasteiger partial charge in [0.05, 0.1) is 0 Å². The van der Waals surface area contributed by atoms with Crippen LogP contribution < -0.4 is 0 Å². The highest BCUT2D eigenvalue weighted by atomic mass is 16.4. The van der Waals surface area contributed by atoms with E-state index < -0.39 is 5.97 Å². The summed E-state index contributed by atoms with van der Waals surface area (Å²) in [5, 5.41) is 8.52. The molecule has 0 aliphatic rings. The topological polar surface area (TPSA) is 40.5 Å². The summed E-state index contributed by atoms with van der Waals surface area (Å²) < 4.78 is 0. The summed E-state index contributed by atoms with van der Waals surface area (Å²) in [6.07, 6.45) is 20.2. The summed E-state index contributed by atoms with van der Waals surface area (Å²) in [5.74, 6) is -0.653. The quantitative estimate of drug-likeness (QED) is 0.232. The van der Waals surface area contributed by atoms with Crippen molar-refractivity contribution >= 4 is 5.97 Å². The Hall–Kier alpha value is -0.570. The zero-order chi connectivity index (χ0) is 20.6. The molecule has 0 unspecified atom stereocenters. The largest absolute Gasteiger partial charge is 0.481 e. The predicted molar refractivity (Wildman–Crippen MR) is 121 cm³/mol. The maximum atomic E-state index is 10.3. The van der Waals surface area contributed by atoms with Gasteiger partial charge in [-0.3, -0.25) is 4.79 Å². The molecule has 0 amide bonds. The fourth-order valence-electron chi connectivity index (χ4n) is 3.32. The number of hydrogen-bond donors (Lipinski definition) is 1. The van der Waals surface area contributed by atoms with E-state index in [0.717, 1.165) is 12.8 Å². The fraction of sp³-hybridized carbons (Fsp3) is 0.958. The van der Waals surface area contributed by atoms with E-state index in [1.165, 1.54) is 103 Å². The van der Waals surface area contributed by atoms with Gasteiger partial charge in [0, 0.05) is 6.42 Å². The Morgan fingerprint density at radius 2 is 0.852 bits per heavy atom. The van der Waals surface area contributed by atoms with Gasteiger partial charge in [-0.1, -0.05) is 118 Å². The lowest BCUT2D eigenvalue weighted by Crippen LogP contribution is -2.21. The van der Waals surface area contributed by atoms with E-state index in [1.807, 2.05) is 0 Å². The number of hydrogen-bond acceptors (Lipinski definition) is 2. The Bertz CT molecular complexity index is 272. The Labute approximate surface area is 171 Å². The van der Waals surface area contributed by atoms with E-state index in [1.54, 1.807) is 0 Å². The molecule has 0 saturated carbocycles. The third-order valence-electron chi connectivity index (χ3n) is 5.34. The summed E-state index contributed by atoms with van der Waals surface area (Å²) in [5.41, 5.74) is 0. The van der Waals surface area contributed by atoms with Gasteiger partial charge in [0.1, 0.15) is 0 Å². The number of aliphatic carboxylic acids is 1. The fourth-order valence-corrected chi connectivity index (χ4v) is 3.32. The van der Waals surface area contributed by atoms with Crippen molar-refractivity contribution in [1.82, 2.24) is 4.90 Å². The highest BCUT2D eigenvalue weighted by Crippen LogP contribution is 2.13. The molecular formula is C24H51NO2. The molecule has 0 aliphatic heterocycles. The SMILES string of the molecule is CCCCCCCCCCCCCCCCCC(=O)O.CCN(CC)CC. The lowest BCUT2D eigenvalue weighted by atomic mass is 10.0. The van der Waals surface area contributed by atoms with Gasteiger partial charge in [-0.15, -0.1) is 0 Å². The highest BCUT2D eigenvalue weighted by Gasteiger charge is 1.97. The minimum absolute atomic E-state index is 0.345. The van der Waals surface area contributed by atoms with Crippen LogP contribution in [0.4, 0.5) is 0 Å². The number of rotatable bonds is 19. The molecule has 1 N–H and O–H groups in total. The average molecular weight is 386 g/mol. The van der Waals surface area contributed by atoms with Gasteiger partial charge < -0.3 is 10.0 Å². The smallest absolute Gasteiger partial charge is 0.303 e. The second-order valence-corrected chi connectivity index (χ2v) is 7.71. The second-order valence-electron chi connectivity index (χ2n) is 7.71. The second kappa shape index (κ2) is 25.4. The van der Waals surface area contributed by atoms with Crippen molar-refractivity contribution in [2.24, 2.45) is 0 Å². The van der Waals surface area contributed by atoms with Crippen molar-refractivity contribution in [3.63, 3.8) is 0 Å². The van der Waals surface area contributed by atoms with Crippen LogP contribution in [0.1, 0.15) is 130 Å². The van der Waals surface area contributed by atoms with Crippen molar-refractivity contribution in [1.29, 1.82) is 0 Å². The van der Waals surface area contributed by atoms with Crippen molar-refractivity contribution in [2.45, 2.75) is 130 Å². The van der Waals surface area contributed by atoms with Gasteiger partial charge in [-0.25, -0.2) is 0 Å². The molecule has 0 atom stereocenters. The zero-order valence-electron chi connectivity index (χ0n) is 19.2. The number of unbranched alkanes of at least 4 members (excludes halogenated alkanes) is 14. The van der Waals surface area contributed by atoms with Gasteiger partial charge >= 0.3 is 5.97 Å². The molecule has 0 aliphatic carbocycles. The molecule has 3 nitrogen and oxygen atoms in total. The molecule has 0 fully saturated rings. The first-order chi connectivity index (χ1) is 13.1. The molecule has 0 aromatic carbocycles. The Morgan fingerprint density at radius 1 is 0.556 bits per heavy atom. The number of nitrogens with zero attached hydrogens (tertiary/aromatic N) is 1. The van der Waals surface area contributed by atoms with Crippen LogP contribution in [0.25, 0.3) is 0 Å². The van der Waals surface area contributed by atoms with Gasteiger partial charge in [0.25, 0.3) is 0 Å². The van der Waals surface area contributed by atoms with E-state index in [0.29, 0.717) is 6.42 Å². The number of carboxylic acid groups (broad SMARTS) is 1. The molecule has 0 saturated heterocycles. The molecule has 0 spiro atoms. The molecule has 0 aromatic rings. The first kappa shape index (κ1) is 28.6. The third-order valence-corrected chi connectivity index (χ3v) is 5.34. The monoisotopic (exact) mass is 385 g/mol. The van der Waals surface area contributed by atoms with Crippen LogP contribution in [0.2, 0.25) is 0 Å². The van der Waals surface area contributed by atoms with Crippen molar-refractivity contribution in [3.8, 4) is 0 Å². The molecule has 27 heavy (non-hydrogen) atoms. The van der Waals surface area contributed by atoms with Crippen LogP contribution in [-0.2, 0) is 4.79 Å². The van der Waals surface area contributed by atoms with Crippen LogP contribution in [0.5, 0.6) is 0 Å². The highest BCUT2D eigenvalue weighted by molar-refractivity contribution is 5.66. The normalized spacial score (nSPS) is 10.7. The first-order valence-corrected chi connectivity index (χ1v) is 12.1. The molecule has 164 valence electrons. The Morgan fingerprint density at radius 3 is 1.07 bits per heavy atom. The van der Waals surface area contributed by atoms with Gasteiger partial charge in [-0.05, 0) is 26.1 Å². The summed E-state index contributed by atoms with van der Waals surface area (Å²) in [7, 11) is 0. The number of carbonyl (C=O) groups is 1. The average Bonchev–Trinajstić information content (AvgIpc) is 2.66. The maximum Gasteiger partial charge on any atom is 0.303 e. The molecule has 0 aromatic heterocycles. The van der Waals surface area contributed by atoms with E-state index in [-0.39, 0.29) is 0 Å². The Kier molecular flexibility index (Phi) is 27.0. The summed E-state index contributed by atoms with van der Waals surface area (Å²) in [6.45, 7) is 12.4. The van der Waals surface area contributed by atoms with Crippen molar-refractivity contribution in [2.75, 3.05) is 19.6 Å². The molecular weight excluding hydrogens is 334 g/mol. The molecule has 0 heterocycles. The van der Waals surface area contributed by atoms with Gasteiger partial charge in [0.15, 0.2) is 0 Å². The van der Waals surface area contributed by atoms with Crippen LogP contribution in [-0.4, -0.2) is 35.6 Å². The summed E-state index contributed by atoms with van der Waals surface area (Å²) in [6, 6.07) is 0.